The molecular weight excluding hydrogens is 330 g/mol. The lowest BCUT2D eigenvalue weighted by atomic mass is 10.1. The average molecular weight is 347 g/mol. The van der Waals surface area contributed by atoms with Gasteiger partial charge in [0.05, 0.1) is 11.1 Å². The highest BCUT2D eigenvalue weighted by Gasteiger charge is 2.19. The van der Waals surface area contributed by atoms with Crippen LogP contribution in [-0.2, 0) is 17.9 Å². The topological polar surface area (TPSA) is 131 Å². The minimum atomic E-state index is -1.22. The molecule has 2 rings (SSSR count). The highest BCUT2D eigenvalue weighted by atomic mass is 16.6. The van der Waals surface area contributed by atoms with Crippen LogP contribution < -0.4 is 0 Å². The van der Waals surface area contributed by atoms with Gasteiger partial charge in [-0.25, -0.2) is 9.48 Å². The van der Waals surface area contributed by atoms with E-state index in [9.17, 15) is 19.7 Å². The Hall–Kier alpha value is -3.30. The summed E-state index contributed by atoms with van der Waals surface area (Å²) in [5, 5.41) is 26.6. The van der Waals surface area contributed by atoms with Gasteiger partial charge in [-0.1, -0.05) is 17.3 Å². The fraction of sp³-hybridized carbons (Fsp3) is 0.333. The summed E-state index contributed by atoms with van der Waals surface area (Å²) in [6.07, 6.45) is 1.19. The van der Waals surface area contributed by atoms with Gasteiger partial charge in [0.15, 0.2) is 5.69 Å². The highest BCUT2D eigenvalue weighted by molar-refractivity contribution is 5.84. The van der Waals surface area contributed by atoms with Gasteiger partial charge in [0.25, 0.3) is 5.69 Å². The zero-order chi connectivity index (χ0) is 18.6. The number of carbonyl (C=O) groups is 2. The predicted molar refractivity (Wildman–Crippen MR) is 85.8 cm³/mol. The van der Waals surface area contributed by atoms with Crippen molar-refractivity contribution in [2.45, 2.75) is 33.0 Å². The van der Waals surface area contributed by atoms with E-state index < -0.39 is 10.9 Å². The van der Waals surface area contributed by atoms with Gasteiger partial charge in [0.1, 0.15) is 6.54 Å². The number of benzene rings is 1. The van der Waals surface area contributed by atoms with Gasteiger partial charge < -0.3 is 10.0 Å². The van der Waals surface area contributed by atoms with Crippen LogP contribution in [0.3, 0.4) is 0 Å². The van der Waals surface area contributed by atoms with Crippen molar-refractivity contribution in [1.29, 1.82) is 0 Å². The van der Waals surface area contributed by atoms with Crippen molar-refractivity contribution < 1.29 is 19.6 Å². The maximum atomic E-state index is 12.5. The largest absolute Gasteiger partial charge is 0.476 e. The molecule has 0 aliphatic heterocycles. The Morgan fingerprint density at radius 3 is 2.44 bits per heavy atom. The number of rotatable bonds is 7. The van der Waals surface area contributed by atoms with Gasteiger partial charge in [-0.15, -0.1) is 5.10 Å². The molecule has 0 atom stereocenters. The fourth-order valence-corrected chi connectivity index (χ4v) is 2.18. The first-order valence-electron chi connectivity index (χ1n) is 7.44. The van der Waals surface area contributed by atoms with Crippen molar-refractivity contribution in [1.82, 2.24) is 19.9 Å². The lowest BCUT2D eigenvalue weighted by Crippen LogP contribution is -2.38. The van der Waals surface area contributed by atoms with Crippen LogP contribution in [0.25, 0.3) is 0 Å². The molecule has 1 amide bonds. The molecule has 132 valence electrons. The van der Waals surface area contributed by atoms with E-state index in [1.165, 1.54) is 18.3 Å². The summed E-state index contributed by atoms with van der Waals surface area (Å²) in [5.74, 6) is -1.49. The highest BCUT2D eigenvalue weighted by Crippen LogP contribution is 2.15. The van der Waals surface area contributed by atoms with Gasteiger partial charge in [0, 0.05) is 24.7 Å². The molecule has 0 unspecified atom stereocenters. The number of nitrogens with zero attached hydrogens (tertiary/aromatic N) is 5. The quantitative estimate of drug-likeness (QED) is 0.590. The summed E-state index contributed by atoms with van der Waals surface area (Å²) in [5.41, 5.74) is 0.492. The van der Waals surface area contributed by atoms with Gasteiger partial charge in [0.2, 0.25) is 5.91 Å². The van der Waals surface area contributed by atoms with E-state index in [0.717, 1.165) is 10.2 Å². The first kappa shape index (κ1) is 18.0. The van der Waals surface area contributed by atoms with Crippen LogP contribution in [0.2, 0.25) is 0 Å². The third-order valence-electron chi connectivity index (χ3n) is 3.50. The number of aromatic carboxylic acids is 1. The minimum absolute atomic E-state index is 0.0185. The summed E-state index contributed by atoms with van der Waals surface area (Å²) in [4.78, 5) is 35.1. The molecule has 0 fully saturated rings. The zero-order valence-electron chi connectivity index (χ0n) is 13.7. The number of nitro groups is 1. The molecule has 10 heteroatoms. The van der Waals surface area contributed by atoms with Crippen LogP contribution in [0.15, 0.2) is 30.5 Å². The summed E-state index contributed by atoms with van der Waals surface area (Å²) < 4.78 is 1.16. The predicted octanol–water partition coefficient (Wildman–Crippen LogP) is 1.32. The molecule has 0 radical (unpaired) electrons. The molecule has 0 saturated heterocycles. The minimum Gasteiger partial charge on any atom is -0.476 e. The SMILES string of the molecule is CC(C)N(Cc1ccc([N+](=O)[O-])cc1)C(=O)Cn1cc(C(=O)O)nn1. The Balaban J connectivity index is 2.09. The number of carboxylic acids is 1. The number of aromatic nitrogens is 3. The van der Waals surface area contributed by atoms with E-state index in [0.29, 0.717) is 0 Å². The molecular formula is C15H17N5O5. The van der Waals surface area contributed by atoms with Crippen molar-refractivity contribution in [3.63, 3.8) is 0 Å². The van der Waals surface area contributed by atoms with Crippen LogP contribution in [0.5, 0.6) is 0 Å². The molecule has 0 aliphatic rings. The van der Waals surface area contributed by atoms with Gasteiger partial charge in [-0.2, -0.15) is 0 Å². The molecule has 0 aliphatic carbocycles. The lowest BCUT2D eigenvalue weighted by Gasteiger charge is -2.26. The molecule has 1 N–H and O–H groups in total. The van der Waals surface area contributed by atoms with Crippen molar-refractivity contribution >= 4 is 17.6 Å². The molecule has 1 aromatic carbocycles. The number of amides is 1. The van der Waals surface area contributed by atoms with E-state index in [2.05, 4.69) is 10.3 Å². The molecule has 2 aromatic rings. The number of non-ortho nitro benzene ring substituents is 1. The van der Waals surface area contributed by atoms with Gasteiger partial charge in [-0.05, 0) is 19.4 Å². The summed E-state index contributed by atoms with van der Waals surface area (Å²) in [6.45, 7) is 3.81. The van der Waals surface area contributed by atoms with Crippen LogP contribution in [0.4, 0.5) is 5.69 Å². The van der Waals surface area contributed by atoms with Crippen LogP contribution in [-0.4, -0.2) is 47.8 Å². The second kappa shape index (κ2) is 7.51. The average Bonchev–Trinajstić information content (AvgIpc) is 3.01. The van der Waals surface area contributed by atoms with Gasteiger partial charge >= 0.3 is 5.97 Å². The number of hydrogen-bond donors (Lipinski definition) is 1. The van der Waals surface area contributed by atoms with Crippen LogP contribution in [0.1, 0.15) is 29.9 Å². The number of hydrogen-bond acceptors (Lipinski definition) is 6. The van der Waals surface area contributed by atoms with Gasteiger partial charge in [-0.3, -0.25) is 14.9 Å². The molecule has 1 aromatic heterocycles. The third-order valence-corrected chi connectivity index (χ3v) is 3.50. The van der Waals surface area contributed by atoms with E-state index >= 15 is 0 Å². The first-order valence-corrected chi connectivity index (χ1v) is 7.44. The van der Waals surface area contributed by atoms with Crippen molar-refractivity contribution in [3.8, 4) is 0 Å². The molecule has 0 spiro atoms. The molecule has 0 saturated carbocycles. The third kappa shape index (κ3) is 4.59. The summed E-state index contributed by atoms with van der Waals surface area (Å²) >= 11 is 0. The zero-order valence-corrected chi connectivity index (χ0v) is 13.7. The molecule has 25 heavy (non-hydrogen) atoms. The van der Waals surface area contributed by atoms with E-state index in [1.807, 2.05) is 13.8 Å². The summed E-state index contributed by atoms with van der Waals surface area (Å²) in [6, 6.07) is 5.84. The number of carboxylic acid groups (broad SMARTS) is 1. The number of nitro benzene ring substituents is 1. The van der Waals surface area contributed by atoms with Crippen molar-refractivity contribution in [2.24, 2.45) is 0 Å². The molecule has 10 nitrogen and oxygen atoms in total. The molecule has 0 bridgehead atoms. The smallest absolute Gasteiger partial charge is 0.358 e. The van der Waals surface area contributed by atoms with Crippen LogP contribution >= 0.6 is 0 Å². The second-order valence-electron chi connectivity index (χ2n) is 5.65. The Labute approximate surface area is 142 Å². The lowest BCUT2D eigenvalue weighted by molar-refractivity contribution is -0.384. The fourth-order valence-electron chi connectivity index (χ4n) is 2.18. The Morgan fingerprint density at radius 2 is 1.96 bits per heavy atom. The maximum absolute atomic E-state index is 12.5. The first-order chi connectivity index (χ1) is 11.8. The van der Waals surface area contributed by atoms with E-state index in [1.54, 1.807) is 17.0 Å². The standard InChI is InChI=1S/C15H17N5O5/c1-10(2)19(7-11-3-5-12(6-4-11)20(24)25)14(21)9-18-8-13(15(22)23)16-17-18/h3-6,8,10H,7,9H2,1-2H3,(H,22,23). The summed E-state index contributed by atoms with van der Waals surface area (Å²) in [7, 11) is 0. The van der Waals surface area contributed by atoms with Crippen molar-refractivity contribution in [3.05, 3.63) is 51.8 Å². The Morgan fingerprint density at radius 1 is 1.32 bits per heavy atom. The second-order valence-corrected chi connectivity index (χ2v) is 5.65. The van der Waals surface area contributed by atoms with Crippen molar-refractivity contribution in [2.75, 3.05) is 0 Å². The van der Waals surface area contributed by atoms with E-state index in [-0.39, 0.29) is 36.4 Å². The maximum Gasteiger partial charge on any atom is 0.358 e. The Bertz CT molecular complexity index is 784. The normalized spacial score (nSPS) is 10.7. The van der Waals surface area contributed by atoms with Crippen LogP contribution in [0, 0.1) is 10.1 Å². The molecule has 1 heterocycles. The van der Waals surface area contributed by atoms with E-state index in [4.69, 9.17) is 5.11 Å². The Kier molecular flexibility index (Phi) is 5.42. The monoisotopic (exact) mass is 347 g/mol. The number of carbonyl (C=O) groups excluding carboxylic acids is 1.